The second kappa shape index (κ2) is 9.13. The van der Waals surface area contributed by atoms with Crippen LogP contribution in [0.15, 0.2) is 52.4 Å². The van der Waals surface area contributed by atoms with Crippen LogP contribution in [0.3, 0.4) is 0 Å². The lowest BCUT2D eigenvalue weighted by molar-refractivity contribution is 0.0998. The van der Waals surface area contributed by atoms with Crippen LogP contribution in [-0.2, 0) is 6.54 Å². The Morgan fingerprint density at radius 3 is 2.59 bits per heavy atom. The third-order valence-corrected chi connectivity index (χ3v) is 6.68. The molecule has 0 unspecified atom stereocenters. The molecule has 1 amide bonds. The van der Waals surface area contributed by atoms with Crippen LogP contribution in [-0.4, -0.2) is 27.7 Å². The molecule has 27 heavy (non-hydrogen) atoms. The lowest BCUT2D eigenvalue weighted by Gasteiger charge is -2.05. The van der Waals surface area contributed by atoms with Gasteiger partial charge in [-0.1, -0.05) is 31.3 Å². The molecule has 0 bridgehead atoms. The number of nitrogens with zero attached hydrogens (tertiary/aromatic N) is 2. The van der Waals surface area contributed by atoms with Crippen molar-refractivity contribution in [1.29, 1.82) is 0 Å². The van der Waals surface area contributed by atoms with Crippen molar-refractivity contribution < 1.29 is 4.79 Å². The number of benzene rings is 2. The molecule has 0 aliphatic rings. The topological polar surface area (TPSA) is 34.4 Å². The van der Waals surface area contributed by atoms with Gasteiger partial charge in [0.05, 0.1) is 10.2 Å². The van der Waals surface area contributed by atoms with Crippen LogP contribution >= 0.6 is 34.9 Å². The number of aromatic nitrogens is 1. The zero-order valence-corrected chi connectivity index (χ0v) is 18.5. The monoisotopic (exact) mass is 416 g/mol. The summed E-state index contributed by atoms with van der Waals surface area (Å²) in [5.41, 5.74) is 3.00. The number of carbonyl (C=O) groups is 1. The van der Waals surface area contributed by atoms with E-state index in [0.717, 1.165) is 22.6 Å². The van der Waals surface area contributed by atoms with E-state index in [1.807, 2.05) is 24.3 Å². The first-order chi connectivity index (χ1) is 13.0. The maximum absolute atomic E-state index is 12.7. The van der Waals surface area contributed by atoms with Gasteiger partial charge in [0.2, 0.25) is 0 Å². The summed E-state index contributed by atoms with van der Waals surface area (Å²) in [5, 5.41) is 0.522. The van der Waals surface area contributed by atoms with E-state index in [0.29, 0.717) is 10.8 Å². The molecule has 0 atom stereocenters. The average Bonchev–Trinajstić information content (AvgIpc) is 2.96. The van der Waals surface area contributed by atoms with Gasteiger partial charge in [0.15, 0.2) is 4.80 Å². The smallest absolute Gasteiger partial charge is 0.279 e. The summed E-state index contributed by atoms with van der Waals surface area (Å²) < 4.78 is 3.34. The highest BCUT2D eigenvalue weighted by Gasteiger charge is 2.10. The molecule has 2 aromatic carbocycles. The van der Waals surface area contributed by atoms with Gasteiger partial charge in [-0.05, 0) is 55.1 Å². The number of thioether (sulfide) groups is 2. The zero-order valence-electron chi connectivity index (χ0n) is 16.1. The number of carbonyl (C=O) groups excluding carboxylic acids is 1. The van der Waals surface area contributed by atoms with Gasteiger partial charge >= 0.3 is 0 Å². The summed E-state index contributed by atoms with van der Waals surface area (Å²) in [6, 6.07) is 14.2. The number of hydrogen-bond donors (Lipinski definition) is 0. The Hall–Kier alpha value is -1.50. The molecule has 1 aromatic heterocycles. The number of thiazole rings is 1. The van der Waals surface area contributed by atoms with Gasteiger partial charge in [0.25, 0.3) is 5.91 Å². The molecule has 0 saturated carbocycles. The fourth-order valence-corrected chi connectivity index (χ4v) is 5.12. The van der Waals surface area contributed by atoms with E-state index in [9.17, 15) is 4.79 Å². The van der Waals surface area contributed by atoms with E-state index >= 15 is 0 Å². The summed E-state index contributed by atoms with van der Waals surface area (Å²) in [6.07, 6.45) is 2.10. The number of hydrogen-bond acceptors (Lipinski definition) is 4. The van der Waals surface area contributed by atoms with Crippen LogP contribution in [0.4, 0.5) is 0 Å². The number of amides is 1. The van der Waals surface area contributed by atoms with Crippen LogP contribution in [0, 0.1) is 6.92 Å². The van der Waals surface area contributed by atoms with Gasteiger partial charge in [-0.3, -0.25) is 4.79 Å². The third kappa shape index (κ3) is 5.06. The number of rotatable bonds is 6. The fraction of sp³-hybridized carbons (Fsp3) is 0.333. The van der Waals surface area contributed by atoms with Crippen molar-refractivity contribution in [2.24, 2.45) is 4.99 Å². The van der Waals surface area contributed by atoms with Crippen LogP contribution in [0.5, 0.6) is 0 Å². The van der Waals surface area contributed by atoms with Gasteiger partial charge < -0.3 is 4.57 Å². The van der Waals surface area contributed by atoms with E-state index in [1.54, 1.807) is 34.9 Å². The fourth-order valence-electron chi connectivity index (χ4n) is 2.76. The Morgan fingerprint density at radius 1 is 1.19 bits per heavy atom. The Labute approximate surface area is 172 Å². The summed E-state index contributed by atoms with van der Waals surface area (Å²) >= 11 is 5.17. The van der Waals surface area contributed by atoms with Crippen molar-refractivity contribution in [1.82, 2.24) is 4.57 Å². The van der Waals surface area contributed by atoms with E-state index in [-0.39, 0.29) is 5.91 Å². The van der Waals surface area contributed by atoms with Crippen molar-refractivity contribution >= 4 is 51.0 Å². The minimum Gasteiger partial charge on any atom is -0.316 e. The molecule has 0 spiro atoms. The molecule has 0 aliphatic heterocycles. The standard InChI is InChI=1S/C21H24N2OS3/c1-14(2)26-17-8-6-16(7-9-17)20(24)22-21-23(11-12-25-4)18-10-5-15(3)13-19(18)27-21/h5-10,13-14H,11-12H2,1-4H3. The lowest BCUT2D eigenvalue weighted by Crippen LogP contribution is -2.18. The van der Waals surface area contributed by atoms with Crippen molar-refractivity contribution in [3.63, 3.8) is 0 Å². The largest absolute Gasteiger partial charge is 0.316 e. The van der Waals surface area contributed by atoms with Gasteiger partial charge in [0.1, 0.15) is 0 Å². The molecule has 6 heteroatoms. The highest BCUT2D eigenvalue weighted by Crippen LogP contribution is 2.23. The number of aryl methyl sites for hydroxylation is 2. The van der Waals surface area contributed by atoms with Crippen LogP contribution in [0.25, 0.3) is 10.2 Å². The Balaban J connectivity index is 1.97. The van der Waals surface area contributed by atoms with E-state index in [4.69, 9.17) is 0 Å². The summed E-state index contributed by atoms with van der Waals surface area (Å²) in [5.74, 6) is 0.805. The Morgan fingerprint density at radius 2 is 1.93 bits per heavy atom. The average molecular weight is 417 g/mol. The molecule has 0 N–H and O–H groups in total. The predicted octanol–water partition coefficient (Wildman–Crippen LogP) is 5.62. The van der Waals surface area contributed by atoms with Gasteiger partial charge in [-0.25, -0.2) is 0 Å². The molecule has 0 radical (unpaired) electrons. The van der Waals surface area contributed by atoms with Crippen molar-refractivity contribution in [3.05, 3.63) is 58.4 Å². The molecule has 1 heterocycles. The lowest BCUT2D eigenvalue weighted by atomic mass is 10.2. The molecule has 0 aliphatic carbocycles. The molecule has 0 fully saturated rings. The van der Waals surface area contributed by atoms with Crippen molar-refractivity contribution in [2.45, 2.75) is 37.5 Å². The minimum atomic E-state index is -0.183. The van der Waals surface area contributed by atoms with Crippen LogP contribution in [0.1, 0.15) is 29.8 Å². The first kappa shape index (κ1) is 20.2. The molecular formula is C21H24N2OS3. The maximum atomic E-state index is 12.7. The van der Waals surface area contributed by atoms with Gasteiger partial charge in [-0.15, -0.1) is 11.8 Å². The summed E-state index contributed by atoms with van der Waals surface area (Å²) in [4.78, 5) is 19.1. The first-order valence-electron chi connectivity index (χ1n) is 8.92. The maximum Gasteiger partial charge on any atom is 0.279 e. The molecule has 142 valence electrons. The SMILES string of the molecule is CSCCn1c(=NC(=O)c2ccc(SC(C)C)cc2)sc2cc(C)ccc21. The number of fused-ring (bicyclic) bond motifs is 1. The van der Waals surface area contributed by atoms with E-state index in [2.05, 4.69) is 54.8 Å². The summed E-state index contributed by atoms with van der Waals surface area (Å²) in [7, 11) is 0. The zero-order chi connectivity index (χ0) is 19.4. The van der Waals surface area contributed by atoms with Crippen molar-refractivity contribution in [2.75, 3.05) is 12.0 Å². The quantitative estimate of drug-likeness (QED) is 0.489. The predicted molar refractivity (Wildman–Crippen MR) is 120 cm³/mol. The van der Waals surface area contributed by atoms with Crippen LogP contribution < -0.4 is 4.80 Å². The minimum absolute atomic E-state index is 0.183. The summed E-state index contributed by atoms with van der Waals surface area (Å²) in [6.45, 7) is 7.26. The highest BCUT2D eigenvalue weighted by atomic mass is 32.2. The normalized spacial score (nSPS) is 12.3. The Bertz CT molecular complexity index is 1000. The molecule has 3 aromatic rings. The molecule has 3 nitrogen and oxygen atoms in total. The van der Waals surface area contributed by atoms with Crippen molar-refractivity contribution in [3.8, 4) is 0 Å². The van der Waals surface area contributed by atoms with Gasteiger partial charge in [-0.2, -0.15) is 16.8 Å². The third-order valence-electron chi connectivity index (χ3n) is 4.03. The molecule has 3 rings (SSSR count). The van der Waals surface area contributed by atoms with Gasteiger partial charge in [0, 0.05) is 28.0 Å². The molecular weight excluding hydrogens is 392 g/mol. The van der Waals surface area contributed by atoms with Crippen LogP contribution in [0.2, 0.25) is 0 Å². The highest BCUT2D eigenvalue weighted by molar-refractivity contribution is 7.99. The molecule has 0 saturated heterocycles. The first-order valence-corrected chi connectivity index (χ1v) is 12.0. The second-order valence-corrected chi connectivity index (χ2v) is 10.3. The van der Waals surface area contributed by atoms with E-state index in [1.165, 1.54) is 15.2 Å². The second-order valence-electron chi connectivity index (χ2n) is 6.61. The Kier molecular flexibility index (Phi) is 6.84. The van der Waals surface area contributed by atoms with E-state index < -0.39 is 0 Å².